The van der Waals surface area contributed by atoms with E-state index in [-0.39, 0.29) is 16.8 Å². The molecule has 0 radical (unpaired) electrons. The number of benzene rings is 1. The molecule has 0 N–H and O–H groups in total. The van der Waals surface area contributed by atoms with E-state index in [1.807, 2.05) is 20.8 Å². The van der Waals surface area contributed by atoms with Gasteiger partial charge in [-0.05, 0) is 42.5 Å². The Kier molecular flexibility index (Phi) is 5.26. The molecule has 0 fully saturated rings. The summed E-state index contributed by atoms with van der Waals surface area (Å²) in [6, 6.07) is 4.70. The Labute approximate surface area is 149 Å². The Balaban J connectivity index is 2.58. The Morgan fingerprint density at radius 2 is 1.69 bits per heavy atom. The molecule has 0 spiro atoms. The molecular weight excluding hydrogens is 369 g/mol. The van der Waals surface area contributed by atoms with Crippen LogP contribution in [-0.4, -0.2) is 18.3 Å². The second-order valence-electron chi connectivity index (χ2n) is 7.38. The third-order valence-electron chi connectivity index (χ3n) is 3.71. The Morgan fingerprint density at radius 3 is 2.19 bits per heavy atom. The summed E-state index contributed by atoms with van der Waals surface area (Å²) < 4.78 is 71.1. The Hall–Kier alpha value is -1.88. The molecule has 8 heteroatoms. The lowest BCUT2D eigenvalue weighted by atomic mass is 9.87. The number of aromatic nitrogens is 1. The minimum Gasteiger partial charge on any atom is -0.453 e. The van der Waals surface area contributed by atoms with Gasteiger partial charge in [-0.2, -0.15) is 13.2 Å². The highest BCUT2D eigenvalue weighted by Gasteiger charge is 2.33. The first-order chi connectivity index (χ1) is 11.7. The fourth-order valence-electron chi connectivity index (χ4n) is 2.26. The molecule has 3 nitrogen and oxygen atoms in total. The van der Waals surface area contributed by atoms with Crippen molar-refractivity contribution >= 4 is 12.4 Å². The SMILES string of the molecule is CC(C)(C)c1cc(F)c(Oc2ccnc(C(F)(F)F)c2)c(P(C)(C)=O)c1. The Morgan fingerprint density at radius 1 is 1.08 bits per heavy atom. The molecule has 0 aliphatic heterocycles. The zero-order valence-electron chi connectivity index (χ0n) is 15.1. The van der Waals surface area contributed by atoms with Crippen LogP contribution >= 0.6 is 7.14 Å². The van der Waals surface area contributed by atoms with Gasteiger partial charge >= 0.3 is 6.18 Å². The predicted octanol–water partition coefficient (Wildman–Crippen LogP) is 5.58. The van der Waals surface area contributed by atoms with Gasteiger partial charge in [0.2, 0.25) is 0 Å². The van der Waals surface area contributed by atoms with Crippen LogP contribution < -0.4 is 10.0 Å². The molecule has 1 aromatic heterocycles. The number of hydrogen-bond donors (Lipinski definition) is 0. The number of pyridine rings is 1. The van der Waals surface area contributed by atoms with Gasteiger partial charge in [0.05, 0.1) is 5.30 Å². The number of alkyl halides is 3. The van der Waals surface area contributed by atoms with Gasteiger partial charge in [0.1, 0.15) is 18.6 Å². The van der Waals surface area contributed by atoms with E-state index in [0.29, 0.717) is 11.6 Å². The highest BCUT2D eigenvalue weighted by molar-refractivity contribution is 7.70. The van der Waals surface area contributed by atoms with Crippen molar-refractivity contribution in [2.75, 3.05) is 13.3 Å². The predicted molar refractivity (Wildman–Crippen MR) is 93.5 cm³/mol. The summed E-state index contributed by atoms with van der Waals surface area (Å²) in [7, 11) is -2.96. The van der Waals surface area contributed by atoms with Crippen molar-refractivity contribution in [2.24, 2.45) is 0 Å². The van der Waals surface area contributed by atoms with Gasteiger partial charge in [-0.3, -0.25) is 4.98 Å². The van der Waals surface area contributed by atoms with Crippen molar-refractivity contribution in [3.8, 4) is 11.5 Å². The molecule has 0 saturated heterocycles. The van der Waals surface area contributed by atoms with Crippen molar-refractivity contribution in [3.05, 3.63) is 47.5 Å². The maximum absolute atomic E-state index is 14.7. The zero-order valence-corrected chi connectivity index (χ0v) is 16.0. The molecule has 0 bridgehead atoms. The van der Waals surface area contributed by atoms with Gasteiger partial charge in [0.15, 0.2) is 11.6 Å². The second-order valence-corrected chi connectivity index (χ2v) is 10.6. The van der Waals surface area contributed by atoms with E-state index in [0.717, 1.165) is 6.20 Å². The number of rotatable bonds is 3. The number of nitrogens with zero attached hydrogens (tertiary/aromatic N) is 1. The van der Waals surface area contributed by atoms with Gasteiger partial charge in [-0.25, -0.2) is 4.39 Å². The molecule has 0 unspecified atom stereocenters. The largest absolute Gasteiger partial charge is 0.453 e. The van der Waals surface area contributed by atoms with Crippen LogP contribution in [0, 0.1) is 5.82 Å². The number of hydrogen-bond acceptors (Lipinski definition) is 3. The van der Waals surface area contributed by atoms with Crippen molar-refractivity contribution in [3.63, 3.8) is 0 Å². The standard InChI is InChI=1S/C18H20F4NO2P/c1-17(2,3)11-8-13(19)16(14(9-11)26(4,5)24)25-12-6-7-23-15(10-12)18(20,21)22/h6-10H,1-5H3. The minimum absolute atomic E-state index is 0.146. The summed E-state index contributed by atoms with van der Waals surface area (Å²) >= 11 is 0. The first kappa shape index (κ1) is 20.4. The van der Waals surface area contributed by atoms with Gasteiger partial charge < -0.3 is 9.30 Å². The normalized spacial score (nSPS) is 13.0. The number of ether oxygens (including phenoxy) is 1. The van der Waals surface area contributed by atoms with E-state index in [2.05, 4.69) is 4.98 Å². The smallest absolute Gasteiger partial charge is 0.433 e. The highest BCUT2D eigenvalue weighted by atomic mass is 31.2. The molecule has 1 aromatic carbocycles. The average Bonchev–Trinajstić information content (AvgIpc) is 2.46. The first-order valence-electron chi connectivity index (χ1n) is 7.80. The van der Waals surface area contributed by atoms with Gasteiger partial charge in [0, 0.05) is 12.3 Å². The van der Waals surface area contributed by atoms with Crippen LogP contribution in [0.25, 0.3) is 0 Å². The molecule has 2 aromatic rings. The minimum atomic E-state index is -4.65. The summed E-state index contributed by atoms with van der Waals surface area (Å²) in [5.41, 5.74) is -0.935. The van der Waals surface area contributed by atoms with E-state index in [1.54, 1.807) is 6.07 Å². The van der Waals surface area contributed by atoms with E-state index in [9.17, 15) is 22.1 Å². The van der Waals surface area contributed by atoms with E-state index in [1.165, 1.54) is 25.5 Å². The number of halogens is 4. The van der Waals surface area contributed by atoms with Crippen LogP contribution in [0.2, 0.25) is 0 Å². The first-order valence-corrected chi connectivity index (χ1v) is 10.4. The highest BCUT2D eigenvalue weighted by Crippen LogP contribution is 2.42. The Bertz CT molecular complexity index is 866. The van der Waals surface area contributed by atoms with Crippen LogP contribution in [-0.2, 0) is 16.2 Å². The van der Waals surface area contributed by atoms with E-state index in [4.69, 9.17) is 4.74 Å². The van der Waals surface area contributed by atoms with Crippen LogP contribution in [0.15, 0.2) is 30.5 Å². The fraction of sp³-hybridized carbons (Fsp3) is 0.389. The van der Waals surface area contributed by atoms with Gasteiger partial charge in [-0.15, -0.1) is 0 Å². The quantitative estimate of drug-likeness (QED) is 0.508. The second kappa shape index (κ2) is 6.69. The summed E-state index contributed by atoms with van der Waals surface area (Å²) in [5.74, 6) is -1.34. The molecule has 0 amide bonds. The molecule has 1 heterocycles. The summed E-state index contributed by atoms with van der Waals surface area (Å²) in [6.07, 6.45) is -3.72. The topological polar surface area (TPSA) is 39.2 Å². The van der Waals surface area contributed by atoms with Crippen LogP contribution in [0.1, 0.15) is 32.0 Å². The van der Waals surface area contributed by atoms with E-state index >= 15 is 0 Å². The molecule has 0 atom stereocenters. The van der Waals surface area contributed by atoms with E-state index < -0.39 is 30.2 Å². The monoisotopic (exact) mass is 389 g/mol. The fourth-order valence-corrected chi connectivity index (χ4v) is 3.35. The third kappa shape index (κ3) is 4.64. The lowest BCUT2D eigenvalue weighted by Gasteiger charge is -2.23. The molecule has 0 aliphatic carbocycles. The maximum atomic E-state index is 14.7. The average molecular weight is 389 g/mol. The molecule has 2 rings (SSSR count). The van der Waals surface area contributed by atoms with Crippen molar-refractivity contribution < 1.29 is 26.9 Å². The van der Waals surface area contributed by atoms with Crippen LogP contribution in [0.4, 0.5) is 17.6 Å². The van der Waals surface area contributed by atoms with Gasteiger partial charge in [-0.1, -0.05) is 20.8 Å². The van der Waals surface area contributed by atoms with Crippen molar-refractivity contribution in [1.82, 2.24) is 4.98 Å². The molecule has 142 valence electrons. The maximum Gasteiger partial charge on any atom is 0.433 e. The lowest BCUT2D eigenvalue weighted by molar-refractivity contribution is -0.141. The third-order valence-corrected chi connectivity index (χ3v) is 5.20. The molecule has 26 heavy (non-hydrogen) atoms. The molecule has 0 saturated carbocycles. The zero-order chi connectivity index (χ0) is 19.9. The van der Waals surface area contributed by atoms with Crippen molar-refractivity contribution in [1.29, 1.82) is 0 Å². The molecular formula is C18H20F4NO2P. The van der Waals surface area contributed by atoms with Crippen LogP contribution in [0.5, 0.6) is 11.5 Å². The summed E-state index contributed by atoms with van der Waals surface area (Å²) in [6.45, 7) is 8.53. The summed E-state index contributed by atoms with van der Waals surface area (Å²) in [5, 5.41) is 0.146. The lowest BCUT2D eigenvalue weighted by Crippen LogP contribution is -2.18. The van der Waals surface area contributed by atoms with Gasteiger partial charge in [0.25, 0.3) is 0 Å². The van der Waals surface area contributed by atoms with Crippen LogP contribution in [0.3, 0.4) is 0 Å². The summed E-state index contributed by atoms with van der Waals surface area (Å²) in [4.78, 5) is 3.24. The molecule has 0 aliphatic rings. The van der Waals surface area contributed by atoms with Crippen molar-refractivity contribution in [2.45, 2.75) is 32.4 Å².